The van der Waals surface area contributed by atoms with Crippen LogP contribution >= 0.6 is 0 Å². The highest BCUT2D eigenvalue weighted by Crippen LogP contribution is 2.40. The van der Waals surface area contributed by atoms with Crippen LogP contribution in [0.25, 0.3) is 16.7 Å². The van der Waals surface area contributed by atoms with Gasteiger partial charge in [-0.05, 0) is 88.6 Å². The predicted octanol–water partition coefficient (Wildman–Crippen LogP) is 2.98. The van der Waals surface area contributed by atoms with Crippen molar-refractivity contribution in [3.8, 4) is 11.8 Å². The molecule has 10 rings (SSSR count). The van der Waals surface area contributed by atoms with Crippen LogP contribution in [0.4, 0.5) is 20.3 Å². The topological polar surface area (TPSA) is 175 Å². The van der Waals surface area contributed by atoms with Crippen molar-refractivity contribution in [3.05, 3.63) is 70.2 Å². The van der Waals surface area contributed by atoms with E-state index in [0.29, 0.717) is 92.8 Å². The van der Waals surface area contributed by atoms with Gasteiger partial charge >= 0.3 is 5.69 Å². The first kappa shape index (κ1) is 43.1. The van der Waals surface area contributed by atoms with E-state index >= 15 is 0 Å². The molecule has 5 fully saturated rings. The largest absolute Gasteiger partial charge is 0.374 e. The van der Waals surface area contributed by atoms with E-state index in [2.05, 4.69) is 42.5 Å². The second-order valence-electron chi connectivity index (χ2n) is 17.8. The molecule has 4 radical (unpaired) electrons. The predicted molar refractivity (Wildman–Crippen MR) is 235 cm³/mol. The molecule has 4 aliphatic heterocycles. The number of rotatable bonds is 10. The van der Waals surface area contributed by atoms with Gasteiger partial charge in [-0.25, -0.2) is 23.1 Å². The number of anilines is 2. The number of carbonyl (C=O) groups excluding carboxylic acids is 3. The van der Waals surface area contributed by atoms with E-state index in [0.717, 1.165) is 6.42 Å². The summed E-state index contributed by atoms with van der Waals surface area (Å²) in [5.74, 6) is 5.43. The molecule has 334 valence electrons. The van der Waals surface area contributed by atoms with Crippen molar-refractivity contribution in [3.63, 3.8) is 0 Å². The molecule has 65 heavy (non-hydrogen) atoms. The third-order valence-electron chi connectivity index (χ3n) is 14.0. The van der Waals surface area contributed by atoms with Gasteiger partial charge in [0.2, 0.25) is 11.8 Å². The molecule has 3 atom stereocenters. The average Bonchev–Trinajstić information content (AvgIpc) is 4.15. The van der Waals surface area contributed by atoms with E-state index in [4.69, 9.17) is 30.2 Å². The summed E-state index contributed by atoms with van der Waals surface area (Å²) < 4.78 is 46.5. The summed E-state index contributed by atoms with van der Waals surface area (Å²) in [5, 5.41) is 12.4. The Balaban J connectivity index is 0.725. The van der Waals surface area contributed by atoms with E-state index in [-0.39, 0.29) is 72.5 Å². The smallest absolute Gasteiger partial charge is 0.329 e. The number of nitrogens with zero attached hydrogens (tertiary/aromatic N) is 9. The highest BCUT2D eigenvalue weighted by atomic mass is 19.3. The first-order valence-corrected chi connectivity index (χ1v) is 22.2. The van der Waals surface area contributed by atoms with Crippen LogP contribution in [0.3, 0.4) is 0 Å². The number of aromatic nitrogens is 7. The zero-order valence-electron chi connectivity index (χ0n) is 35.9. The SMILES string of the molecule is [B]C([B])(C1CCC(n2cc(NC(=O)c3cnn4ccc(N5C[C@H]6C[C@@H]5CO6)nc34)c(C(F)F)n2)CC1)N1CCC(OCC#Cc2cccc3c2n(C)c(=O)n3C2CCC(=O)NC2=O)CC1. The second-order valence-corrected chi connectivity index (χ2v) is 17.8. The zero-order valence-corrected chi connectivity index (χ0v) is 35.9. The minimum absolute atomic E-state index is 0.0498. The summed E-state index contributed by atoms with van der Waals surface area (Å²) >= 11 is 0. The maximum Gasteiger partial charge on any atom is 0.329 e. The van der Waals surface area contributed by atoms with Gasteiger partial charge in [-0.3, -0.25) is 33.5 Å². The van der Waals surface area contributed by atoms with Crippen molar-refractivity contribution in [2.75, 3.05) is 43.1 Å². The third-order valence-corrected chi connectivity index (χ3v) is 14.0. The van der Waals surface area contributed by atoms with Gasteiger partial charge in [-0.1, -0.05) is 23.2 Å². The molecule has 1 aliphatic carbocycles. The quantitative estimate of drug-likeness (QED) is 0.120. The minimum atomic E-state index is -2.91. The van der Waals surface area contributed by atoms with Crippen LogP contribution in [0.1, 0.15) is 97.9 Å². The lowest BCUT2D eigenvalue weighted by atomic mass is 9.50. The number of fused-ring (bicyclic) bond motifs is 4. The van der Waals surface area contributed by atoms with Gasteiger partial charge < -0.3 is 24.6 Å². The standard InChI is InChI=1S/C44H47B2F2N11O6/c1-54-38-25(4-2-6-33(38)59(43(54)63)34-11-12-36(60)52-42(34)62)5-3-19-64-29-13-16-55(17-14-29)44(45,46)26-7-9-27(10-8-26)58-23-32(37(53-58)39(47)48)50-41(61)31-21-49-57-18-15-35(51-40(31)57)56-22-30-20-28(56)24-65-30/h2,4,6,15,18,21,23,26-30,34,39H,7-14,16-17,19-20,22,24H2,1H3,(H,50,61)(H,52,60,62)/t26?,27?,28-,30-,34?/m1/s1. The van der Waals surface area contributed by atoms with E-state index in [1.54, 1.807) is 25.4 Å². The summed E-state index contributed by atoms with van der Waals surface area (Å²) in [6.07, 6.45) is 7.07. The maximum absolute atomic E-state index is 14.4. The molecular weight excluding hydrogens is 838 g/mol. The molecule has 2 N–H and O–H groups in total. The Labute approximate surface area is 375 Å². The number of amides is 3. The van der Waals surface area contributed by atoms with Crippen LogP contribution in [0.5, 0.6) is 0 Å². The highest BCUT2D eigenvalue weighted by molar-refractivity contribution is 6.40. The number of nitrogens with one attached hydrogen (secondary N) is 2. The van der Waals surface area contributed by atoms with Crippen LogP contribution in [-0.4, -0.2) is 128 Å². The number of ether oxygens (including phenoxy) is 2. The number of imidazole rings is 1. The molecule has 2 bridgehead atoms. The average molecular weight is 886 g/mol. The Morgan fingerprint density at radius 1 is 1.08 bits per heavy atom. The van der Waals surface area contributed by atoms with Crippen molar-refractivity contribution in [1.29, 1.82) is 0 Å². The number of morpholine rings is 1. The van der Waals surface area contributed by atoms with Gasteiger partial charge in [-0.2, -0.15) is 10.2 Å². The molecule has 17 nitrogen and oxygen atoms in total. The number of benzene rings is 1. The number of imide groups is 1. The Kier molecular flexibility index (Phi) is 11.4. The van der Waals surface area contributed by atoms with Gasteiger partial charge in [0.15, 0.2) is 11.3 Å². The molecule has 8 heterocycles. The van der Waals surface area contributed by atoms with Gasteiger partial charge in [0.05, 0.1) is 75.1 Å². The van der Waals surface area contributed by atoms with E-state index < -0.39 is 35.3 Å². The van der Waals surface area contributed by atoms with Crippen molar-refractivity contribution >= 4 is 61.6 Å². The Morgan fingerprint density at radius 2 is 1.88 bits per heavy atom. The van der Waals surface area contributed by atoms with Crippen LogP contribution < -0.4 is 21.2 Å². The van der Waals surface area contributed by atoms with Crippen molar-refractivity contribution in [1.82, 2.24) is 43.7 Å². The molecule has 5 aromatic rings. The zero-order chi connectivity index (χ0) is 45.1. The summed E-state index contributed by atoms with van der Waals surface area (Å²) in [6.45, 7) is 2.76. The van der Waals surface area contributed by atoms with Crippen LogP contribution in [-0.2, 0) is 26.1 Å². The second kappa shape index (κ2) is 17.2. The molecular formula is C44H47B2F2N11O6. The minimum Gasteiger partial charge on any atom is -0.374 e. The number of likely N-dealkylation sites (tertiary alicyclic amines) is 1. The summed E-state index contributed by atoms with van der Waals surface area (Å²) in [6, 6.07) is 6.47. The molecule has 5 aliphatic rings. The Bertz CT molecular complexity index is 2800. The maximum atomic E-state index is 14.4. The molecule has 1 aromatic carbocycles. The van der Waals surface area contributed by atoms with Crippen LogP contribution in [0, 0.1) is 17.8 Å². The lowest BCUT2D eigenvalue weighted by Crippen LogP contribution is -2.58. The number of piperidine rings is 2. The first-order valence-electron chi connectivity index (χ1n) is 22.2. The summed E-state index contributed by atoms with van der Waals surface area (Å²) in [5.41, 5.74) is 1.35. The molecule has 1 saturated carbocycles. The molecule has 0 spiro atoms. The highest BCUT2D eigenvalue weighted by Gasteiger charge is 2.41. The number of aryl methyl sites for hydroxylation is 1. The summed E-state index contributed by atoms with van der Waals surface area (Å²) in [4.78, 5) is 60.2. The van der Waals surface area contributed by atoms with Crippen molar-refractivity contribution < 1.29 is 32.6 Å². The van der Waals surface area contributed by atoms with Crippen molar-refractivity contribution in [2.24, 2.45) is 13.0 Å². The van der Waals surface area contributed by atoms with Gasteiger partial charge in [0.25, 0.3) is 12.3 Å². The third kappa shape index (κ3) is 8.03. The van der Waals surface area contributed by atoms with E-state index in [9.17, 15) is 28.0 Å². The van der Waals surface area contributed by atoms with Crippen LogP contribution in [0.2, 0.25) is 0 Å². The Morgan fingerprint density at radius 3 is 2.60 bits per heavy atom. The fourth-order valence-corrected chi connectivity index (χ4v) is 10.4. The van der Waals surface area contributed by atoms with E-state index in [1.165, 1.54) is 30.7 Å². The van der Waals surface area contributed by atoms with Crippen LogP contribution in [0.15, 0.2) is 47.7 Å². The number of hydrogen-bond acceptors (Lipinski definition) is 11. The van der Waals surface area contributed by atoms with E-state index in [1.807, 2.05) is 12.1 Å². The molecule has 4 saturated heterocycles. The number of hydrogen-bond donors (Lipinski definition) is 2. The number of halogens is 2. The van der Waals surface area contributed by atoms with Crippen molar-refractivity contribution in [2.45, 2.75) is 99.9 Å². The number of carbonyl (C=O) groups is 3. The normalized spacial score (nSPS) is 24.2. The molecule has 1 unspecified atom stereocenters. The van der Waals surface area contributed by atoms with Gasteiger partial charge in [0, 0.05) is 32.4 Å². The molecule has 4 aromatic heterocycles. The fraction of sp³-hybridized carbons (Fsp3) is 0.523. The molecule has 3 amide bonds. The Hall–Kier alpha value is -5.84. The van der Waals surface area contributed by atoms with Gasteiger partial charge in [-0.15, -0.1) is 0 Å². The fourth-order valence-electron chi connectivity index (χ4n) is 10.4. The molecule has 21 heteroatoms. The number of alkyl halides is 2. The monoisotopic (exact) mass is 885 g/mol. The lowest BCUT2D eigenvalue weighted by molar-refractivity contribution is -0.135. The number of para-hydroxylation sites is 1. The summed E-state index contributed by atoms with van der Waals surface area (Å²) in [7, 11) is 15.4. The first-order chi connectivity index (χ1) is 31.3. The lowest BCUT2D eigenvalue weighted by Gasteiger charge is -2.50. The van der Waals surface area contributed by atoms with Gasteiger partial charge in [0.1, 0.15) is 24.0 Å².